The van der Waals surface area contributed by atoms with Crippen molar-refractivity contribution in [2.45, 2.75) is 166 Å². The van der Waals surface area contributed by atoms with Gasteiger partial charge in [0.2, 0.25) is 0 Å². The van der Waals surface area contributed by atoms with E-state index in [9.17, 15) is 27.6 Å². The second-order valence-corrected chi connectivity index (χ2v) is 35.6. The van der Waals surface area contributed by atoms with Crippen LogP contribution < -0.4 is 9.47 Å². The molecule has 3 unspecified atom stereocenters. The first-order valence-electron chi connectivity index (χ1n) is 35.2. The molecule has 0 aliphatic carbocycles. The van der Waals surface area contributed by atoms with Gasteiger partial charge in [-0.25, -0.2) is 9.59 Å². The van der Waals surface area contributed by atoms with E-state index in [0.717, 1.165) is 92.4 Å². The van der Waals surface area contributed by atoms with Crippen molar-refractivity contribution in [3.8, 4) is 11.5 Å². The van der Waals surface area contributed by atoms with E-state index in [1.165, 1.54) is 0 Å². The first-order chi connectivity index (χ1) is 49.7. The Balaban J connectivity index is 0.000000298. The summed E-state index contributed by atoms with van der Waals surface area (Å²) in [5.41, 5.74) is 7.07. The summed E-state index contributed by atoms with van der Waals surface area (Å²) in [6.45, 7) is 18.8. The van der Waals surface area contributed by atoms with Gasteiger partial charge in [0.1, 0.15) is 22.7 Å². The highest BCUT2D eigenvalue weighted by Gasteiger charge is 2.64. The van der Waals surface area contributed by atoms with Gasteiger partial charge in [0.15, 0.2) is 20.5 Å². The lowest BCUT2D eigenvalue weighted by molar-refractivity contribution is -0.374. The van der Waals surface area contributed by atoms with Crippen LogP contribution >= 0.6 is 46.4 Å². The molecule has 0 bridgehead atoms. The lowest BCUT2D eigenvalue weighted by Crippen LogP contribution is -2.63. The van der Waals surface area contributed by atoms with Crippen LogP contribution in [0.15, 0.2) is 194 Å². The average molecular weight is 1560 g/mol. The monoisotopic (exact) mass is 1560 g/mol. The maximum absolute atomic E-state index is 15.1. The Morgan fingerprint density at radius 1 is 0.453 bits per heavy atom. The van der Waals surface area contributed by atoms with Crippen molar-refractivity contribution in [1.82, 2.24) is 9.80 Å². The molecule has 0 fully saturated rings. The summed E-state index contributed by atoms with van der Waals surface area (Å²) in [5.74, 6) is -5.36. The Morgan fingerprint density at radius 2 is 0.802 bits per heavy atom. The summed E-state index contributed by atoms with van der Waals surface area (Å²) in [4.78, 5) is 42.1. The van der Waals surface area contributed by atoms with Gasteiger partial charge in [0.25, 0.3) is 11.6 Å². The van der Waals surface area contributed by atoms with Crippen LogP contribution in [0.1, 0.15) is 144 Å². The Morgan fingerprint density at radius 3 is 1.12 bits per heavy atom. The Kier molecular flexibility index (Phi) is 31.4. The predicted molar refractivity (Wildman–Crippen MR) is 414 cm³/mol. The number of ketones is 1. The fraction of sp³-hybridized carbons (Fsp3) is 0.393. The largest absolute Gasteiger partial charge is 0.484 e. The van der Waals surface area contributed by atoms with Gasteiger partial charge in [0, 0.05) is 52.1 Å². The van der Waals surface area contributed by atoms with E-state index in [1.54, 1.807) is 146 Å². The third-order valence-corrected chi connectivity index (χ3v) is 19.1. The Labute approximate surface area is 641 Å². The van der Waals surface area contributed by atoms with Gasteiger partial charge in [-0.05, 0) is 281 Å². The zero-order valence-corrected chi connectivity index (χ0v) is 66.1. The quantitative estimate of drug-likeness (QED) is 0.0170. The summed E-state index contributed by atoms with van der Waals surface area (Å²) >= 11 is 24.6. The minimum atomic E-state index is -5.06. The molecule has 8 aromatic carbocycles. The number of hydrogen-bond acceptors (Lipinski definition) is 11. The molecule has 0 aromatic heterocycles. The van der Waals surface area contributed by atoms with Gasteiger partial charge in [-0.15, -0.1) is 0 Å². The third kappa shape index (κ3) is 27.8. The molecule has 0 amide bonds. The fourth-order valence-electron chi connectivity index (χ4n) is 12.1. The molecule has 0 saturated carbocycles. The first kappa shape index (κ1) is 86.0. The van der Waals surface area contributed by atoms with Crippen LogP contribution in [0.25, 0.3) is 0 Å². The van der Waals surface area contributed by atoms with Crippen LogP contribution in [-0.2, 0) is 49.1 Å². The predicted octanol–water partition coefficient (Wildman–Crippen LogP) is 21.9. The second-order valence-electron chi connectivity index (χ2n) is 29.5. The molecule has 570 valence electrons. The number of likely N-dealkylation sites (N-methyl/N-ethyl adjacent to an activating group) is 2. The van der Waals surface area contributed by atoms with E-state index in [2.05, 4.69) is 48.2 Å². The van der Waals surface area contributed by atoms with Crippen molar-refractivity contribution in [3.05, 3.63) is 270 Å². The highest BCUT2D eigenvalue weighted by Crippen LogP contribution is 2.43. The van der Waals surface area contributed by atoms with E-state index in [0.29, 0.717) is 36.8 Å². The van der Waals surface area contributed by atoms with E-state index in [4.69, 9.17) is 74.5 Å². The standard InChI is InChI=1S/C44H54Cl2F3NO5Si.C40H42Cl2F3NO4/c1-42(2,3)54-41(51)35-13-9-11-32(29-35)16-27-40(43(52-5,44(47,48)49)55-56(6,7)8)53-38-25-14-31(15-26-38)12-10-28-50(4)30-39(33-17-21-36(45)22-18-33)34-19-23-37(46)24-20-34;1-39(2,3)50-38(48)31-9-5-7-28(25-31)12-23-36(37(47)40(43,44)45)49-34-21-10-27(11-22-34)8-6-24-46(4)26-35(29-13-17-32(41)18-14-29)30-15-19-33(42)20-16-30/h9,11,13-15,17-26,29,39-40H,10,12,16,27-28,30H2,1-8H3;5,7,9-11,13-22,25,35-36H,6,8,12,23-24,26H2,1-4H3. The summed E-state index contributed by atoms with van der Waals surface area (Å²) in [5, 5.41) is 2.73. The molecule has 8 aromatic rings. The van der Waals surface area contributed by atoms with Gasteiger partial charge in [-0.3, -0.25) is 4.79 Å². The molecular formula is C84H96Cl4F6N2O9Si. The number of carbonyl (C=O) groups is 3. The maximum atomic E-state index is 15.1. The molecule has 0 aliphatic heterocycles. The van der Waals surface area contributed by atoms with Crippen molar-refractivity contribution < 1.29 is 68.8 Å². The number of rotatable bonds is 33. The summed E-state index contributed by atoms with van der Waals surface area (Å²) < 4.78 is 120. The van der Waals surface area contributed by atoms with Crippen molar-refractivity contribution in [2.24, 2.45) is 0 Å². The van der Waals surface area contributed by atoms with Gasteiger partial charge in [-0.2, -0.15) is 26.3 Å². The van der Waals surface area contributed by atoms with Gasteiger partial charge in [-0.1, -0.05) is 143 Å². The molecule has 0 spiro atoms. The zero-order valence-electron chi connectivity index (χ0n) is 62.1. The molecule has 0 heterocycles. The SMILES string of the molecule is CN(CCCc1ccc(OC(CCc2cccc(C(=O)OC(C)(C)C)c2)C(=O)C(F)(F)F)cc1)CC(c1ccc(Cl)cc1)c1ccc(Cl)cc1.COC(O[Si](C)(C)C)(C(CCc1cccc(C(=O)OC(C)(C)C)c1)Oc1ccc(CCCN(C)CC(c2ccc(Cl)cc2)c2ccc(Cl)cc2)cc1)C(F)(F)F. The number of benzene rings is 8. The number of esters is 2. The Hall–Kier alpha value is -7.23. The van der Waals surface area contributed by atoms with Crippen molar-refractivity contribution in [3.63, 3.8) is 0 Å². The van der Waals surface area contributed by atoms with Crippen molar-refractivity contribution in [2.75, 3.05) is 47.4 Å². The van der Waals surface area contributed by atoms with E-state index in [1.807, 2.05) is 84.9 Å². The number of Topliss-reactive ketones (excluding diaryl/α,β-unsaturated/α-hetero) is 1. The summed E-state index contributed by atoms with van der Waals surface area (Å²) in [7, 11) is 2.32. The van der Waals surface area contributed by atoms with Crippen molar-refractivity contribution in [1.29, 1.82) is 0 Å². The fourth-order valence-corrected chi connectivity index (χ4v) is 13.8. The lowest BCUT2D eigenvalue weighted by Gasteiger charge is -2.43. The lowest BCUT2D eigenvalue weighted by atomic mass is 9.91. The van der Waals surface area contributed by atoms with Gasteiger partial charge < -0.3 is 37.9 Å². The molecular weight excluding hydrogens is 1460 g/mol. The third-order valence-electron chi connectivity index (χ3n) is 17.2. The number of ether oxygens (including phenoxy) is 5. The molecule has 0 saturated heterocycles. The van der Waals surface area contributed by atoms with Crippen LogP contribution in [0.2, 0.25) is 39.7 Å². The zero-order chi connectivity index (χ0) is 77.8. The van der Waals surface area contributed by atoms with E-state index < -0.39 is 67.6 Å². The number of alkyl halides is 6. The van der Waals surface area contributed by atoms with Crippen molar-refractivity contribution >= 4 is 72.4 Å². The smallest absolute Gasteiger partial charge is 0.453 e. The second kappa shape index (κ2) is 38.7. The van der Waals surface area contributed by atoms with E-state index >= 15 is 13.2 Å². The van der Waals surface area contributed by atoms with Gasteiger partial charge >= 0.3 is 24.3 Å². The van der Waals surface area contributed by atoms with Crippen LogP contribution in [0.4, 0.5) is 26.3 Å². The highest BCUT2D eigenvalue weighted by molar-refractivity contribution is 6.69. The molecule has 0 aliphatic rings. The minimum absolute atomic E-state index is 0.0889. The number of carbonyl (C=O) groups excluding carboxylic acids is 3. The summed E-state index contributed by atoms with van der Waals surface area (Å²) in [6.07, 6.45) is -10.2. The van der Waals surface area contributed by atoms with Crippen LogP contribution in [-0.4, -0.2) is 125 Å². The molecule has 22 heteroatoms. The van der Waals surface area contributed by atoms with Gasteiger partial charge in [0.05, 0.1) is 11.1 Å². The normalized spacial score (nSPS) is 13.4. The maximum Gasteiger partial charge on any atom is 0.453 e. The van der Waals surface area contributed by atoms with Crippen LogP contribution in [0.3, 0.4) is 0 Å². The minimum Gasteiger partial charge on any atom is -0.484 e. The summed E-state index contributed by atoms with van der Waals surface area (Å²) in [6, 6.07) is 58.6. The number of aryl methyl sites for hydroxylation is 4. The molecule has 8 rings (SSSR count). The Bertz CT molecular complexity index is 3990. The number of halogens is 10. The molecule has 106 heavy (non-hydrogen) atoms. The first-order valence-corrected chi connectivity index (χ1v) is 40.1. The molecule has 3 atom stereocenters. The number of methoxy groups -OCH3 is 1. The number of hydrogen-bond donors (Lipinski definition) is 0. The highest BCUT2D eigenvalue weighted by atomic mass is 35.5. The molecule has 0 N–H and O–H groups in total. The topological polar surface area (TPSA) is 113 Å². The van der Waals surface area contributed by atoms with E-state index in [-0.39, 0.29) is 54.6 Å². The van der Waals surface area contributed by atoms with Crippen LogP contribution in [0.5, 0.6) is 11.5 Å². The molecule has 0 radical (unpaired) electrons. The average Bonchev–Trinajstić information content (AvgIpc) is 0.762. The molecule has 11 nitrogen and oxygen atoms in total. The van der Waals surface area contributed by atoms with Crippen LogP contribution in [0, 0.1) is 0 Å². The number of nitrogens with zero attached hydrogens (tertiary/aromatic N) is 2.